The maximum atomic E-state index is 14.0. The fourth-order valence-corrected chi connectivity index (χ4v) is 6.00. The van der Waals surface area contributed by atoms with Crippen molar-refractivity contribution in [2.24, 2.45) is 5.92 Å². The van der Waals surface area contributed by atoms with Crippen molar-refractivity contribution >= 4 is 23.3 Å². The number of piperazine rings is 1. The minimum absolute atomic E-state index is 0.112. The van der Waals surface area contributed by atoms with Crippen molar-refractivity contribution < 1.29 is 14.3 Å². The van der Waals surface area contributed by atoms with Crippen molar-refractivity contribution in [1.29, 1.82) is 0 Å². The Balaban J connectivity index is 1.39. The number of rotatable bonds is 7. The van der Waals surface area contributed by atoms with Crippen molar-refractivity contribution in [3.8, 4) is 5.69 Å². The monoisotopic (exact) mass is 557 g/mol. The average molecular weight is 558 g/mol. The predicted molar refractivity (Wildman–Crippen MR) is 160 cm³/mol. The highest BCUT2D eigenvalue weighted by Crippen LogP contribution is 2.31. The number of para-hydroxylation sites is 1. The molecule has 2 fully saturated rings. The zero-order chi connectivity index (χ0) is 28.9. The average Bonchev–Trinajstić information content (AvgIpc) is 2.97. The first-order valence-corrected chi connectivity index (χ1v) is 14.5. The maximum Gasteiger partial charge on any atom is 0.310 e. The lowest BCUT2D eigenvalue weighted by atomic mass is 9.97. The molecular formula is C32H39N5O4. The number of aryl methyl sites for hydroxylation is 2. The van der Waals surface area contributed by atoms with E-state index in [1.165, 1.54) is 4.68 Å². The zero-order valence-electron chi connectivity index (χ0n) is 24.2. The number of carbonyl (C=O) groups is 2. The summed E-state index contributed by atoms with van der Waals surface area (Å²) in [6.45, 7) is 9.66. The molecule has 2 aliphatic rings. The number of piperidine rings is 1. The van der Waals surface area contributed by atoms with Gasteiger partial charge >= 0.3 is 5.97 Å². The molecule has 41 heavy (non-hydrogen) atoms. The smallest absolute Gasteiger partial charge is 0.310 e. The quantitative estimate of drug-likeness (QED) is 0.411. The van der Waals surface area contributed by atoms with Gasteiger partial charge in [-0.3, -0.25) is 14.4 Å². The summed E-state index contributed by atoms with van der Waals surface area (Å²) in [4.78, 5) is 45.9. The minimum atomic E-state index is -0.283. The summed E-state index contributed by atoms with van der Waals surface area (Å²) in [6, 6.07) is 15.6. The van der Waals surface area contributed by atoms with Gasteiger partial charge in [0.15, 0.2) is 0 Å². The maximum absolute atomic E-state index is 14.0. The highest BCUT2D eigenvalue weighted by molar-refractivity contribution is 5.80. The largest absolute Gasteiger partial charge is 0.466 e. The van der Waals surface area contributed by atoms with Gasteiger partial charge < -0.3 is 19.4 Å². The van der Waals surface area contributed by atoms with E-state index in [1.807, 2.05) is 60.9 Å². The van der Waals surface area contributed by atoms with Gasteiger partial charge in [0, 0.05) is 39.3 Å². The van der Waals surface area contributed by atoms with Crippen molar-refractivity contribution in [3.63, 3.8) is 0 Å². The molecule has 1 atom stereocenters. The second kappa shape index (κ2) is 12.6. The third-order valence-corrected chi connectivity index (χ3v) is 7.90. The van der Waals surface area contributed by atoms with E-state index in [2.05, 4.69) is 28.2 Å². The normalized spacial score (nSPS) is 17.4. The molecule has 2 aliphatic heterocycles. The Kier molecular flexibility index (Phi) is 8.71. The molecule has 0 aliphatic carbocycles. The highest BCUT2D eigenvalue weighted by atomic mass is 16.5. The second-order valence-electron chi connectivity index (χ2n) is 11.0. The Labute approximate surface area is 241 Å². The number of ether oxygens (including phenoxy) is 1. The number of carbonyl (C=O) groups excluding carboxylic acids is 2. The Morgan fingerprint density at radius 3 is 2.34 bits per heavy atom. The summed E-state index contributed by atoms with van der Waals surface area (Å²) >= 11 is 0. The number of esters is 1. The standard InChI is InChI=1S/C32H39N5O4/c1-4-41-32(40)26-9-8-12-36(22-26)30-28(21-33-37(31(30)39)27-10-6-5-7-11-27)34-13-15-35(16-14-34)29(38)20-25-18-23(2)17-24(3)19-25/h5-7,10-11,17-19,21,26H,4,8-9,12-16,20,22H2,1-3H3. The van der Waals surface area contributed by atoms with Crippen molar-refractivity contribution in [3.05, 3.63) is 81.8 Å². The van der Waals surface area contributed by atoms with Crippen LogP contribution >= 0.6 is 0 Å². The molecule has 1 amide bonds. The van der Waals surface area contributed by atoms with Gasteiger partial charge in [0.1, 0.15) is 5.69 Å². The van der Waals surface area contributed by atoms with E-state index in [4.69, 9.17) is 4.74 Å². The molecule has 1 unspecified atom stereocenters. The van der Waals surface area contributed by atoms with Crippen LogP contribution in [0.15, 0.2) is 59.5 Å². The molecule has 1 aromatic heterocycles. The number of anilines is 2. The summed E-state index contributed by atoms with van der Waals surface area (Å²) in [6.07, 6.45) is 3.66. The van der Waals surface area contributed by atoms with Crippen LogP contribution in [0.5, 0.6) is 0 Å². The second-order valence-corrected chi connectivity index (χ2v) is 11.0. The first kappa shape index (κ1) is 28.4. The number of benzene rings is 2. The van der Waals surface area contributed by atoms with Crippen LogP contribution in [0.4, 0.5) is 11.4 Å². The van der Waals surface area contributed by atoms with Crippen LogP contribution in [0.3, 0.4) is 0 Å². The topological polar surface area (TPSA) is 88.0 Å². The van der Waals surface area contributed by atoms with Gasteiger partial charge in [-0.05, 0) is 51.3 Å². The van der Waals surface area contributed by atoms with Gasteiger partial charge in [-0.15, -0.1) is 0 Å². The van der Waals surface area contributed by atoms with E-state index in [0.717, 1.165) is 35.2 Å². The van der Waals surface area contributed by atoms with E-state index in [1.54, 1.807) is 6.20 Å². The molecule has 3 heterocycles. The lowest BCUT2D eigenvalue weighted by molar-refractivity contribution is -0.148. The van der Waals surface area contributed by atoms with Gasteiger partial charge in [-0.2, -0.15) is 9.78 Å². The minimum Gasteiger partial charge on any atom is -0.466 e. The first-order valence-electron chi connectivity index (χ1n) is 14.5. The summed E-state index contributed by atoms with van der Waals surface area (Å²) in [5.41, 5.74) is 5.11. The van der Waals surface area contributed by atoms with Gasteiger partial charge in [-0.25, -0.2) is 0 Å². The molecule has 0 spiro atoms. The molecule has 3 aromatic rings. The van der Waals surface area contributed by atoms with Gasteiger partial charge in [-0.1, -0.05) is 47.5 Å². The molecule has 0 N–H and O–H groups in total. The van der Waals surface area contributed by atoms with Crippen molar-refractivity contribution in [2.45, 2.75) is 40.0 Å². The molecule has 216 valence electrons. The van der Waals surface area contributed by atoms with Crippen molar-refractivity contribution in [1.82, 2.24) is 14.7 Å². The molecule has 2 saturated heterocycles. The molecule has 0 radical (unpaired) electrons. The van der Waals surface area contributed by atoms with E-state index in [9.17, 15) is 14.4 Å². The molecule has 5 rings (SSSR count). The lowest BCUT2D eigenvalue weighted by Crippen LogP contribution is -2.50. The third-order valence-electron chi connectivity index (χ3n) is 7.90. The molecular weight excluding hydrogens is 518 g/mol. The number of hydrogen-bond acceptors (Lipinski definition) is 7. The Bertz CT molecular complexity index is 1430. The molecule has 0 saturated carbocycles. The Hall–Kier alpha value is -4.14. The molecule has 9 heteroatoms. The number of nitrogens with zero attached hydrogens (tertiary/aromatic N) is 5. The van der Waals surface area contributed by atoms with Crippen LogP contribution in [-0.2, 0) is 20.7 Å². The molecule has 9 nitrogen and oxygen atoms in total. The zero-order valence-corrected chi connectivity index (χ0v) is 24.2. The van der Waals surface area contributed by atoms with E-state index in [-0.39, 0.29) is 23.4 Å². The lowest BCUT2D eigenvalue weighted by Gasteiger charge is -2.39. The summed E-state index contributed by atoms with van der Waals surface area (Å²) in [7, 11) is 0. The molecule has 2 aromatic carbocycles. The summed E-state index contributed by atoms with van der Waals surface area (Å²) < 4.78 is 6.74. The van der Waals surface area contributed by atoms with Crippen LogP contribution in [-0.4, -0.2) is 72.4 Å². The van der Waals surface area contributed by atoms with Crippen LogP contribution < -0.4 is 15.4 Å². The first-order chi connectivity index (χ1) is 19.8. The third kappa shape index (κ3) is 6.45. The fraction of sp³-hybridized carbons (Fsp3) is 0.438. The Morgan fingerprint density at radius 2 is 1.66 bits per heavy atom. The van der Waals surface area contributed by atoms with Crippen LogP contribution in [0.25, 0.3) is 5.69 Å². The van der Waals surface area contributed by atoms with Gasteiger partial charge in [0.05, 0.1) is 36.5 Å². The van der Waals surface area contributed by atoms with E-state index < -0.39 is 0 Å². The van der Waals surface area contributed by atoms with Crippen LogP contribution in [0.2, 0.25) is 0 Å². The van der Waals surface area contributed by atoms with E-state index in [0.29, 0.717) is 63.7 Å². The Morgan fingerprint density at radius 1 is 0.951 bits per heavy atom. The SMILES string of the molecule is CCOC(=O)C1CCCN(c2c(N3CCN(C(=O)Cc4cc(C)cc(C)c4)CC3)cnn(-c3ccccc3)c2=O)C1. The van der Waals surface area contributed by atoms with Crippen LogP contribution in [0, 0.1) is 19.8 Å². The fourth-order valence-electron chi connectivity index (χ4n) is 6.00. The van der Waals surface area contributed by atoms with Gasteiger partial charge in [0.2, 0.25) is 5.91 Å². The highest BCUT2D eigenvalue weighted by Gasteiger charge is 2.32. The number of amides is 1. The van der Waals surface area contributed by atoms with Crippen LogP contribution in [0.1, 0.15) is 36.5 Å². The number of hydrogen-bond donors (Lipinski definition) is 0. The number of aromatic nitrogens is 2. The summed E-state index contributed by atoms with van der Waals surface area (Å²) in [5.74, 6) is -0.387. The van der Waals surface area contributed by atoms with Crippen molar-refractivity contribution in [2.75, 3.05) is 55.7 Å². The summed E-state index contributed by atoms with van der Waals surface area (Å²) in [5, 5.41) is 4.55. The van der Waals surface area contributed by atoms with E-state index >= 15 is 0 Å². The predicted octanol–water partition coefficient (Wildman–Crippen LogP) is 3.52. The van der Waals surface area contributed by atoms with Gasteiger partial charge in [0.25, 0.3) is 5.56 Å². The molecule has 0 bridgehead atoms.